The third kappa shape index (κ3) is 3.49. The Morgan fingerprint density at radius 1 is 1.48 bits per heavy atom. The van der Waals surface area contributed by atoms with Gasteiger partial charge in [0.15, 0.2) is 0 Å². The molecule has 1 heterocycles. The van der Waals surface area contributed by atoms with Crippen LogP contribution in [0.3, 0.4) is 0 Å². The third-order valence-corrected chi connectivity index (χ3v) is 3.34. The summed E-state index contributed by atoms with van der Waals surface area (Å²) in [4.78, 5) is 26.0. The summed E-state index contributed by atoms with van der Waals surface area (Å²) in [6.45, 7) is 0.412. The number of hydrogen-bond acceptors (Lipinski definition) is 3. The van der Waals surface area contributed by atoms with Crippen LogP contribution in [0, 0.1) is 5.82 Å². The molecule has 0 aliphatic carbocycles. The Balaban J connectivity index is 2.18. The van der Waals surface area contributed by atoms with Crippen molar-refractivity contribution in [1.29, 1.82) is 0 Å². The number of anilines is 1. The maximum atomic E-state index is 13.3. The van der Waals surface area contributed by atoms with Crippen LogP contribution in [0.4, 0.5) is 14.9 Å². The number of carboxylic acids is 1. The minimum Gasteiger partial charge on any atom is -0.480 e. The summed E-state index contributed by atoms with van der Waals surface area (Å²) in [5.41, 5.74) is 1.39. The van der Waals surface area contributed by atoms with Gasteiger partial charge in [0.25, 0.3) is 0 Å². The standard InChI is InChI=1S/C14H17FN2O4/c1-21-7-6-16(9-13(18)19)14(20)17-5-4-10-2-3-11(15)8-12(10)17/h2-3,8H,4-7,9H2,1H3,(H,18,19). The van der Waals surface area contributed by atoms with Gasteiger partial charge < -0.3 is 14.7 Å². The van der Waals surface area contributed by atoms with E-state index < -0.39 is 24.4 Å². The van der Waals surface area contributed by atoms with Crippen molar-refractivity contribution in [3.05, 3.63) is 29.6 Å². The van der Waals surface area contributed by atoms with E-state index in [9.17, 15) is 14.0 Å². The summed E-state index contributed by atoms with van der Waals surface area (Å²) < 4.78 is 18.2. The molecule has 0 fully saturated rings. The van der Waals surface area contributed by atoms with Crippen molar-refractivity contribution >= 4 is 17.7 Å². The quantitative estimate of drug-likeness (QED) is 0.890. The Morgan fingerprint density at radius 3 is 2.90 bits per heavy atom. The first-order valence-corrected chi connectivity index (χ1v) is 6.58. The highest BCUT2D eigenvalue weighted by atomic mass is 19.1. The third-order valence-electron chi connectivity index (χ3n) is 3.34. The average molecular weight is 296 g/mol. The van der Waals surface area contributed by atoms with Crippen LogP contribution in [-0.4, -0.2) is 55.4 Å². The van der Waals surface area contributed by atoms with Crippen LogP contribution in [0.1, 0.15) is 5.56 Å². The Morgan fingerprint density at radius 2 is 2.24 bits per heavy atom. The molecule has 0 radical (unpaired) electrons. The highest BCUT2D eigenvalue weighted by Crippen LogP contribution is 2.29. The number of aliphatic carboxylic acids is 1. The molecule has 1 aliphatic rings. The second-order valence-electron chi connectivity index (χ2n) is 4.77. The van der Waals surface area contributed by atoms with Crippen LogP contribution in [0.5, 0.6) is 0 Å². The number of nitrogens with zero attached hydrogens (tertiary/aromatic N) is 2. The van der Waals surface area contributed by atoms with Gasteiger partial charge in [0, 0.05) is 20.2 Å². The number of fused-ring (bicyclic) bond motifs is 1. The molecule has 0 saturated carbocycles. The van der Waals surface area contributed by atoms with Crippen LogP contribution >= 0.6 is 0 Å². The Kier molecular flexibility index (Phi) is 4.74. The van der Waals surface area contributed by atoms with E-state index in [1.165, 1.54) is 29.0 Å². The Hall–Kier alpha value is -2.15. The maximum absolute atomic E-state index is 13.3. The lowest BCUT2D eigenvalue weighted by atomic mass is 10.2. The number of methoxy groups -OCH3 is 1. The second kappa shape index (κ2) is 6.53. The van der Waals surface area contributed by atoms with E-state index in [2.05, 4.69) is 0 Å². The number of urea groups is 1. The Bertz CT molecular complexity index is 550. The van der Waals surface area contributed by atoms with E-state index in [1.54, 1.807) is 6.07 Å². The summed E-state index contributed by atoms with van der Waals surface area (Å²) in [5.74, 6) is -1.52. The Labute approximate surface area is 121 Å². The maximum Gasteiger partial charge on any atom is 0.325 e. The molecule has 1 aromatic carbocycles. The van der Waals surface area contributed by atoms with Crippen LogP contribution in [0.15, 0.2) is 18.2 Å². The molecule has 2 amide bonds. The molecule has 2 rings (SSSR count). The first-order valence-electron chi connectivity index (χ1n) is 6.58. The number of benzene rings is 1. The fourth-order valence-corrected chi connectivity index (χ4v) is 2.33. The highest BCUT2D eigenvalue weighted by Gasteiger charge is 2.29. The number of amides is 2. The van der Waals surface area contributed by atoms with E-state index in [0.717, 1.165) is 5.56 Å². The largest absolute Gasteiger partial charge is 0.480 e. The van der Waals surface area contributed by atoms with Gasteiger partial charge in [-0.2, -0.15) is 0 Å². The average Bonchev–Trinajstić information content (AvgIpc) is 2.85. The first-order chi connectivity index (χ1) is 10.0. The van der Waals surface area contributed by atoms with Crippen molar-refractivity contribution in [2.45, 2.75) is 6.42 Å². The predicted octanol–water partition coefficient (Wildman–Crippen LogP) is 1.34. The molecule has 7 heteroatoms. The molecule has 114 valence electrons. The topological polar surface area (TPSA) is 70.1 Å². The van der Waals surface area contributed by atoms with Crippen molar-refractivity contribution in [1.82, 2.24) is 4.90 Å². The summed E-state index contributed by atoms with van der Waals surface area (Å²) in [6.07, 6.45) is 0.631. The minimum absolute atomic E-state index is 0.169. The van der Waals surface area contributed by atoms with Gasteiger partial charge in [-0.3, -0.25) is 9.69 Å². The molecular formula is C14H17FN2O4. The molecule has 0 unspecified atom stereocenters. The van der Waals surface area contributed by atoms with Gasteiger partial charge in [-0.15, -0.1) is 0 Å². The van der Waals surface area contributed by atoms with E-state index in [0.29, 0.717) is 18.7 Å². The zero-order chi connectivity index (χ0) is 15.4. The molecule has 21 heavy (non-hydrogen) atoms. The smallest absolute Gasteiger partial charge is 0.325 e. The van der Waals surface area contributed by atoms with Crippen molar-refractivity contribution in [3.8, 4) is 0 Å². The number of carbonyl (C=O) groups excluding carboxylic acids is 1. The number of ether oxygens (including phenoxy) is 1. The number of rotatable bonds is 5. The lowest BCUT2D eigenvalue weighted by molar-refractivity contribution is -0.137. The fraction of sp³-hybridized carbons (Fsp3) is 0.429. The van der Waals surface area contributed by atoms with E-state index in [-0.39, 0.29) is 13.2 Å². The SMILES string of the molecule is COCCN(CC(=O)O)C(=O)N1CCc2ccc(F)cc21. The molecule has 0 aromatic heterocycles. The van der Waals surface area contributed by atoms with Gasteiger partial charge in [-0.25, -0.2) is 9.18 Å². The van der Waals surface area contributed by atoms with Crippen molar-refractivity contribution in [2.75, 3.05) is 38.3 Å². The van der Waals surface area contributed by atoms with Crippen molar-refractivity contribution in [3.63, 3.8) is 0 Å². The van der Waals surface area contributed by atoms with E-state index >= 15 is 0 Å². The lowest BCUT2D eigenvalue weighted by Crippen LogP contribution is -2.46. The molecular weight excluding hydrogens is 279 g/mol. The summed E-state index contributed by atoms with van der Waals surface area (Å²) in [7, 11) is 1.48. The predicted molar refractivity (Wildman–Crippen MR) is 73.9 cm³/mol. The van der Waals surface area contributed by atoms with Crippen LogP contribution < -0.4 is 4.90 Å². The van der Waals surface area contributed by atoms with Gasteiger partial charge >= 0.3 is 12.0 Å². The highest BCUT2D eigenvalue weighted by molar-refractivity contribution is 5.95. The minimum atomic E-state index is -1.10. The molecule has 6 nitrogen and oxygen atoms in total. The number of carboxylic acid groups (broad SMARTS) is 1. The van der Waals surface area contributed by atoms with E-state index in [1.807, 2.05) is 0 Å². The molecule has 0 saturated heterocycles. The number of carbonyl (C=O) groups is 2. The summed E-state index contributed by atoms with van der Waals surface area (Å²) in [5, 5.41) is 8.90. The molecule has 0 atom stereocenters. The lowest BCUT2D eigenvalue weighted by Gasteiger charge is -2.27. The monoisotopic (exact) mass is 296 g/mol. The normalized spacial score (nSPS) is 13.1. The van der Waals surface area contributed by atoms with Gasteiger partial charge in [0.1, 0.15) is 12.4 Å². The van der Waals surface area contributed by atoms with Crippen molar-refractivity contribution in [2.24, 2.45) is 0 Å². The zero-order valence-electron chi connectivity index (χ0n) is 11.7. The summed E-state index contributed by atoms with van der Waals surface area (Å²) >= 11 is 0. The zero-order valence-corrected chi connectivity index (χ0v) is 11.7. The molecule has 1 N–H and O–H groups in total. The molecule has 0 bridgehead atoms. The van der Waals surface area contributed by atoms with Gasteiger partial charge in [0.2, 0.25) is 0 Å². The van der Waals surface area contributed by atoms with Crippen molar-refractivity contribution < 1.29 is 23.8 Å². The van der Waals surface area contributed by atoms with E-state index in [4.69, 9.17) is 9.84 Å². The molecule has 1 aliphatic heterocycles. The van der Waals surface area contributed by atoms with Gasteiger partial charge in [-0.1, -0.05) is 6.07 Å². The summed E-state index contributed by atoms with van der Waals surface area (Å²) in [6, 6.07) is 3.86. The fourth-order valence-electron chi connectivity index (χ4n) is 2.33. The molecule has 1 aromatic rings. The van der Waals surface area contributed by atoms with Crippen LogP contribution in [0.2, 0.25) is 0 Å². The van der Waals surface area contributed by atoms with Crippen LogP contribution in [0.25, 0.3) is 0 Å². The van der Waals surface area contributed by atoms with Gasteiger partial charge in [-0.05, 0) is 24.1 Å². The molecule has 0 spiro atoms. The van der Waals surface area contributed by atoms with Crippen LogP contribution in [-0.2, 0) is 16.0 Å². The first kappa shape index (κ1) is 15.2. The second-order valence-corrected chi connectivity index (χ2v) is 4.77. The number of hydrogen-bond donors (Lipinski definition) is 1. The number of halogens is 1. The van der Waals surface area contributed by atoms with Gasteiger partial charge in [0.05, 0.1) is 12.3 Å².